The monoisotopic (exact) mass is 580 g/mol. The van der Waals surface area contributed by atoms with E-state index >= 15 is 0 Å². The standard InChI is InChI=1S/C43H36N2/c1-5-15-31(16-6-1)27-38(41-30-44-41)42(45-29-32-17-7-2-8-18-32)33-25-26-37-36-23-13-14-24-39(36)43(40(37)28-33,34-19-9-3-10-20-34)35-21-11-4-12-22-35/h1-11,13-21,23-26,28-29,41,44H,12,22,27,30H2/b42-38+,45-29+. The lowest BCUT2D eigenvalue weighted by Crippen LogP contribution is -2.30. The largest absolute Gasteiger partial charge is 0.307 e. The smallest absolute Gasteiger partial charge is 0.0713 e. The van der Waals surface area contributed by atoms with Crippen LogP contribution in [0.15, 0.2) is 168 Å². The molecule has 1 fully saturated rings. The molecule has 3 aliphatic rings. The summed E-state index contributed by atoms with van der Waals surface area (Å²) >= 11 is 0. The lowest BCUT2D eigenvalue weighted by atomic mass is 9.65. The number of aliphatic imine (C=N–C) groups is 1. The highest BCUT2D eigenvalue weighted by Crippen LogP contribution is 2.58. The van der Waals surface area contributed by atoms with Crippen molar-refractivity contribution in [2.45, 2.75) is 30.7 Å². The van der Waals surface area contributed by atoms with Gasteiger partial charge in [0.2, 0.25) is 0 Å². The minimum absolute atomic E-state index is 0.323. The van der Waals surface area contributed by atoms with Crippen LogP contribution in [-0.2, 0) is 11.8 Å². The minimum Gasteiger partial charge on any atom is -0.307 e. The maximum atomic E-state index is 5.32. The van der Waals surface area contributed by atoms with Gasteiger partial charge in [-0.3, -0.25) is 4.99 Å². The second-order valence-electron chi connectivity index (χ2n) is 12.2. The van der Waals surface area contributed by atoms with Crippen LogP contribution >= 0.6 is 0 Å². The van der Waals surface area contributed by atoms with E-state index in [1.54, 1.807) is 0 Å². The molecule has 0 spiro atoms. The Morgan fingerprint density at radius 2 is 1.44 bits per heavy atom. The Balaban J connectivity index is 1.38. The first-order valence-corrected chi connectivity index (χ1v) is 16.1. The Morgan fingerprint density at radius 1 is 0.756 bits per heavy atom. The molecule has 0 radical (unpaired) electrons. The van der Waals surface area contributed by atoms with Crippen molar-refractivity contribution in [1.29, 1.82) is 0 Å². The van der Waals surface area contributed by atoms with Crippen molar-refractivity contribution in [3.63, 3.8) is 0 Å². The zero-order chi connectivity index (χ0) is 30.1. The molecule has 1 saturated heterocycles. The first-order chi connectivity index (χ1) is 22.3. The van der Waals surface area contributed by atoms with Gasteiger partial charge in [0.05, 0.1) is 11.1 Å². The van der Waals surface area contributed by atoms with Gasteiger partial charge in [-0.1, -0.05) is 151 Å². The molecular formula is C43H36N2. The summed E-state index contributed by atoms with van der Waals surface area (Å²) in [5.74, 6) is 0. The summed E-state index contributed by atoms with van der Waals surface area (Å²) in [6, 6.07) is 48.9. The Kier molecular flexibility index (Phi) is 7.21. The van der Waals surface area contributed by atoms with Gasteiger partial charge in [-0.25, -0.2) is 0 Å². The lowest BCUT2D eigenvalue weighted by Gasteiger charge is -2.37. The van der Waals surface area contributed by atoms with Gasteiger partial charge in [0.15, 0.2) is 0 Å². The van der Waals surface area contributed by atoms with Crippen molar-refractivity contribution >= 4 is 11.9 Å². The molecule has 5 aromatic carbocycles. The highest BCUT2D eigenvalue weighted by atomic mass is 15.1. The minimum atomic E-state index is -0.361. The molecule has 0 bridgehead atoms. The topological polar surface area (TPSA) is 34.3 Å². The molecule has 45 heavy (non-hydrogen) atoms. The SMILES string of the molecule is C1=CCCC(C2(c3ccccc3)c3ccccc3-c3ccc(C(/N=C/c4ccccc4)=C(/Cc4ccccc4)C4CN4)cc32)=C1. The zero-order valence-corrected chi connectivity index (χ0v) is 25.4. The van der Waals surface area contributed by atoms with Gasteiger partial charge in [-0.05, 0) is 69.8 Å². The predicted molar refractivity (Wildman–Crippen MR) is 188 cm³/mol. The molecule has 1 N–H and O–H groups in total. The van der Waals surface area contributed by atoms with Gasteiger partial charge in [0, 0.05) is 24.4 Å². The van der Waals surface area contributed by atoms with Crippen molar-refractivity contribution < 1.29 is 0 Å². The summed E-state index contributed by atoms with van der Waals surface area (Å²) < 4.78 is 0. The molecule has 0 aromatic heterocycles. The molecule has 1 aliphatic heterocycles. The summed E-state index contributed by atoms with van der Waals surface area (Å²) in [6.07, 6.45) is 11.9. The number of benzene rings is 5. The van der Waals surface area contributed by atoms with Gasteiger partial charge >= 0.3 is 0 Å². The third kappa shape index (κ3) is 5.02. The van der Waals surface area contributed by atoms with Gasteiger partial charge in [0.1, 0.15) is 0 Å². The molecule has 2 aliphatic carbocycles. The Morgan fingerprint density at radius 3 is 2.18 bits per heavy atom. The van der Waals surface area contributed by atoms with Gasteiger partial charge in [-0.2, -0.15) is 0 Å². The Labute approximate surface area is 266 Å². The average molecular weight is 581 g/mol. The van der Waals surface area contributed by atoms with Crippen LogP contribution in [0, 0.1) is 0 Å². The van der Waals surface area contributed by atoms with E-state index in [1.165, 1.54) is 50.1 Å². The maximum absolute atomic E-state index is 5.32. The molecule has 2 heteroatoms. The van der Waals surface area contributed by atoms with E-state index in [2.05, 4.69) is 157 Å². The Bertz CT molecular complexity index is 1960. The first kappa shape index (κ1) is 27.5. The highest BCUT2D eigenvalue weighted by Gasteiger charge is 2.47. The van der Waals surface area contributed by atoms with E-state index < -0.39 is 0 Å². The normalized spacial score (nSPS) is 20.4. The fourth-order valence-corrected chi connectivity index (χ4v) is 7.39. The molecule has 1 heterocycles. The number of fused-ring (bicyclic) bond motifs is 3. The van der Waals surface area contributed by atoms with Crippen LogP contribution in [0.2, 0.25) is 0 Å². The molecule has 5 aromatic rings. The average Bonchev–Trinajstić information content (AvgIpc) is 3.92. The molecular weight excluding hydrogens is 544 g/mol. The van der Waals surface area contributed by atoms with E-state index in [0.717, 1.165) is 37.1 Å². The van der Waals surface area contributed by atoms with Crippen molar-refractivity contribution in [1.82, 2.24) is 5.32 Å². The van der Waals surface area contributed by atoms with E-state index in [4.69, 9.17) is 4.99 Å². The fourth-order valence-electron chi connectivity index (χ4n) is 7.39. The number of hydrogen-bond donors (Lipinski definition) is 1. The van der Waals surface area contributed by atoms with E-state index in [0.29, 0.717) is 6.04 Å². The summed E-state index contributed by atoms with van der Waals surface area (Å²) in [4.78, 5) is 5.32. The van der Waals surface area contributed by atoms with Crippen molar-refractivity contribution in [3.05, 3.63) is 196 Å². The van der Waals surface area contributed by atoms with Crippen LogP contribution in [0.4, 0.5) is 0 Å². The Hall–Kier alpha value is -5.05. The quantitative estimate of drug-likeness (QED) is 0.144. The summed E-state index contributed by atoms with van der Waals surface area (Å²) in [7, 11) is 0. The second-order valence-corrected chi connectivity index (χ2v) is 12.2. The van der Waals surface area contributed by atoms with Crippen LogP contribution in [0.25, 0.3) is 16.8 Å². The summed E-state index contributed by atoms with van der Waals surface area (Å²) in [5.41, 5.74) is 13.8. The molecule has 2 atom stereocenters. The van der Waals surface area contributed by atoms with E-state index in [-0.39, 0.29) is 5.41 Å². The number of nitrogens with zero attached hydrogens (tertiary/aromatic N) is 1. The van der Waals surface area contributed by atoms with Crippen LogP contribution < -0.4 is 5.32 Å². The second kappa shape index (κ2) is 11.8. The molecule has 0 saturated carbocycles. The van der Waals surface area contributed by atoms with Crippen LogP contribution in [0.3, 0.4) is 0 Å². The number of allylic oxidation sites excluding steroid dienone is 4. The molecule has 2 unspecified atom stereocenters. The molecule has 0 amide bonds. The van der Waals surface area contributed by atoms with Crippen molar-refractivity contribution in [2.75, 3.05) is 6.54 Å². The predicted octanol–water partition coefficient (Wildman–Crippen LogP) is 9.32. The molecule has 2 nitrogen and oxygen atoms in total. The van der Waals surface area contributed by atoms with Crippen molar-refractivity contribution in [2.24, 2.45) is 4.99 Å². The molecule has 218 valence electrons. The first-order valence-electron chi connectivity index (χ1n) is 16.1. The van der Waals surface area contributed by atoms with Crippen LogP contribution in [-0.4, -0.2) is 18.8 Å². The highest BCUT2D eigenvalue weighted by molar-refractivity contribution is 5.90. The van der Waals surface area contributed by atoms with E-state index in [1.807, 2.05) is 6.21 Å². The summed E-state index contributed by atoms with van der Waals surface area (Å²) in [6.45, 7) is 0.982. The van der Waals surface area contributed by atoms with Gasteiger partial charge < -0.3 is 5.32 Å². The molecule has 8 rings (SSSR count). The fraction of sp³-hybridized carbons (Fsp3) is 0.140. The number of hydrogen-bond acceptors (Lipinski definition) is 2. The number of rotatable bonds is 8. The summed E-state index contributed by atoms with van der Waals surface area (Å²) in [5, 5.41) is 3.61. The maximum Gasteiger partial charge on any atom is 0.0713 e. The van der Waals surface area contributed by atoms with Crippen LogP contribution in [0.5, 0.6) is 0 Å². The lowest BCUT2D eigenvalue weighted by molar-refractivity contribution is 0.692. The zero-order valence-electron chi connectivity index (χ0n) is 25.4. The van der Waals surface area contributed by atoms with Gasteiger partial charge in [-0.15, -0.1) is 0 Å². The van der Waals surface area contributed by atoms with Gasteiger partial charge in [0.25, 0.3) is 0 Å². The van der Waals surface area contributed by atoms with Crippen LogP contribution in [0.1, 0.15) is 46.2 Å². The third-order valence-electron chi connectivity index (χ3n) is 9.53. The third-order valence-corrected chi connectivity index (χ3v) is 9.53. The number of nitrogens with one attached hydrogen (secondary N) is 1. The van der Waals surface area contributed by atoms with E-state index in [9.17, 15) is 0 Å². The van der Waals surface area contributed by atoms with Crippen molar-refractivity contribution in [3.8, 4) is 11.1 Å².